The monoisotopic (exact) mass is 365 g/mol. The van der Waals surface area contributed by atoms with Crippen molar-refractivity contribution in [1.82, 2.24) is 14.1 Å². The molecule has 1 unspecified atom stereocenters. The lowest BCUT2D eigenvalue weighted by atomic mass is 9.68. The van der Waals surface area contributed by atoms with Crippen LogP contribution in [0.25, 0.3) is 10.9 Å². The van der Waals surface area contributed by atoms with Gasteiger partial charge in [-0.05, 0) is 25.8 Å². The smallest absolute Gasteiger partial charge is 0.373 e. The molecular weight excluding hydrogens is 346 g/mol. The van der Waals surface area contributed by atoms with E-state index in [1.165, 1.54) is 0 Å². The van der Waals surface area contributed by atoms with Gasteiger partial charge in [-0.2, -0.15) is 0 Å². The van der Waals surface area contributed by atoms with Gasteiger partial charge in [0.15, 0.2) is 5.78 Å². The second-order valence-electron chi connectivity index (χ2n) is 7.05. The summed E-state index contributed by atoms with van der Waals surface area (Å²) in [6.07, 6.45) is 3.85. The summed E-state index contributed by atoms with van der Waals surface area (Å²) in [7, 11) is 1.89. The number of carboxylic acid groups (broad SMARTS) is 1. The largest absolute Gasteiger partial charge is 0.475 e. The van der Waals surface area contributed by atoms with Crippen LogP contribution in [-0.2, 0) is 29.6 Å². The van der Waals surface area contributed by atoms with Crippen LogP contribution in [0.15, 0.2) is 36.7 Å². The molecule has 0 fully saturated rings. The molecule has 0 aliphatic heterocycles. The molecule has 0 saturated heterocycles. The van der Waals surface area contributed by atoms with E-state index >= 15 is 0 Å². The van der Waals surface area contributed by atoms with Crippen molar-refractivity contribution in [2.45, 2.75) is 26.3 Å². The number of rotatable bonds is 4. The summed E-state index contributed by atoms with van der Waals surface area (Å²) in [6, 6.07) is 7.49. The molecular formula is C20H19N3O4. The van der Waals surface area contributed by atoms with Gasteiger partial charge in [-0.3, -0.25) is 9.59 Å². The van der Waals surface area contributed by atoms with E-state index in [-0.39, 0.29) is 13.0 Å². The fraction of sp³-hybridized carbons (Fsp3) is 0.300. The number of nitrogens with zero attached hydrogens (tertiary/aromatic N) is 3. The molecule has 7 nitrogen and oxygen atoms in total. The van der Waals surface area contributed by atoms with Crippen LogP contribution in [0.3, 0.4) is 0 Å². The number of aromatic nitrogens is 3. The Hall–Kier alpha value is -3.22. The Morgan fingerprint density at radius 3 is 2.70 bits per heavy atom. The highest BCUT2D eigenvalue weighted by molar-refractivity contribution is 6.41. The van der Waals surface area contributed by atoms with E-state index in [4.69, 9.17) is 0 Å². The first-order valence-electron chi connectivity index (χ1n) is 8.73. The lowest BCUT2D eigenvalue weighted by Crippen LogP contribution is -2.49. The first-order valence-corrected chi connectivity index (χ1v) is 8.73. The van der Waals surface area contributed by atoms with Crippen LogP contribution in [0.2, 0.25) is 0 Å². The summed E-state index contributed by atoms with van der Waals surface area (Å²) in [5.74, 6) is -2.42. The third-order valence-corrected chi connectivity index (χ3v) is 5.67. The number of carbonyl (C=O) groups is 3. The lowest BCUT2D eigenvalue weighted by molar-refractivity contribution is -0.153. The Morgan fingerprint density at radius 1 is 1.30 bits per heavy atom. The van der Waals surface area contributed by atoms with Crippen molar-refractivity contribution in [2.24, 2.45) is 12.5 Å². The minimum atomic E-state index is -1.63. The van der Waals surface area contributed by atoms with Crippen molar-refractivity contribution in [3.63, 3.8) is 0 Å². The summed E-state index contributed by atoms with van der Waals surface area (Å²) < 4.78 is 3.63. The van der Waals surface area contributed by atoms with Crippen molar-refractivity contribution in [1.29, 1.82) is 0 Å². The number of aliphatic carboxylic acids is 1. The summed E-state index contributed by atoms with van der Waals surface area (Å²) >= 11 is 0. The molecule has 1 aliphatic rings. The maximum absolute atomic E-state index is 13.6. The van der Waals surface area contributed by atoms with Crippen LogP contribution >= 0.6 is 0 Å². The number of imidazole rings is 1. The number of para-hydroxylation sites is 1. The zero-order valence-corrected chi connectivity index (χ0v) is 15.1. The number of ketones is 2. The molecule has 4 rings (SSSR count). The molecule has 1 aliphatic carbocycles. The fourth-order valence-electron chi connectivity index (χ4n) is 4.18. The van der Waals surface area contributed by atoms with E-state index < -0.39 is 23.0 Å². The minimum Gasteiger partial charge on any atom is -0.475 e. The quantitative estimate of drug-likeness (QED) is 0.565. The first-order chi connectivity index (χ1) is 12.9. The number of hydrogen-bond donors (Lipinski definition) is 1. The van der Waals surface area contributed by atoms with Crippen LogP contribution in [0.1, 0.15) is 28.3 Å². The Morgan fingerprint density at radius 2 is 2.04 bits per heavy atom. The van der Waals surface area contributed by atoms with Gasteiger partial charge >= 0.3 is 5.97 Å². The number of benzene rings is 1. The van der Waals surface area contributed by atoms with Gasteiger partial charge in [0.2, 0.25) is 0 Å². The Balaban J connectivity index is 1.93. The minimum absolute atomic E-state index is 0.0224. The molecule has 27 heavy (non-hydrogen) atoms. The van der Waals surface area contributed by atoms with Crippen molar-refractivity contribution < 1.29 is 19.5 Å². The molecule has 1 N–H and O–H groups in total. The zero-order valence-electron chi connectivity index (χ0n) is 15.1. The van der Waals surface area contributed by atoms with Gasteiger partial charge in [-0.15, -0.1) is 0 Å². The standard InChI is InChI=1S/C20H19N3O4/c1-12-21-9-10-23(12)11-20(18(25)19(26)27)8-7-15-16(17(20)24)13-5-3-4-6-14(13)22(15)2/h3-6,9-10H,7-8,11H2,1-2H3,(H,26,27). The molecule has 7 heteroatoms. The Bertz CT molecular complexity index is 1110. The van der Waals surface area contributed by atoms with Crippen LogP contribution in [0.4, 0.5) is 0 Å². The van der Waals surface area contributed by atoms with Gasteiger partial charge < -0.3 is 14.2 Å². The number of aryl methyl sites for hydroxylation is 2. The molecule has 0 radical (unpaired) electrons. The van der Waals surface area contributed by atoms with Crippen molar-refractivity contribution in [3.05, 3.63) is 53.7 Å². The highest BCUT2D eigenvalue weighted by Gasteiger charge is 2.53. The number of carboxylic acids is 1. The topological polar surface area (TPSA) is 94.2 Å². The molecule has 3 aromatic rings. The van der Waals surface area contributed by atoms with Crippen molar-refractivity contribution in [3.8, 4) is 0 Å². The molecule has 0 amide bonds. The normalized spacial score (nSPS) is 19.3. The van der Waals surface area contributed by atoms with Crippen LogP contribution < -0.4 is 0 Å². The zero-order chi connectivity index (χ0) is 19.3. The third kappa shape index (κ3) is 2.34. The second-order valence-corrected chi connectivity index (χ2v) is 7.05. The van der Waals surface area contributed by atoms with Crippen LogP contribution in [0.5, 0.6) is 0 Å². The van der Waals surface area contributed by atoms with E-state index in [1.807, 2.05) is 35.9 Å². The molecule has 0 spiro atoms. The SMILES string of the molecule is Cc1nccn1CC1(C(=O)C(=O)O)CCc2c(c3ccccc3n2C)C1=O. The van der Waals surface area contributed by atoms with Gasteiger partial charge in [-0.1, -0.05) is 18.2 Å². The summed E-state index contributed by atoms with van der Waals surface area (Å²) in [4.78, 5) is 42.1. The summed E-state index contributed by atoms with van der Waals surface area (Å²) in [6.45, 7) is 1.74. The van der Waals surface area contributed by atoms with Crippen molar-refractivity contribution in [2.75, 3.05) is 0 Å². The van der Waals surface area contributed by atoms with E-state index in [0.29, 0.717) is 17.8 Å². The van der Waals surface area contributed by atoms with Crippen molar-refractivity contribution >= 4 is 28.4 Å². The first kappa shape index (κ1) is 17.2. The number of fused-ring (bicyclic) bond motifs is 3. The van der Waals surface area contributed by atoms with Gasteiger partial charge in [-0.25, -0.2) is 9.78 Å². The van der Waals surface area contributed by atoms with Gasteiger partial charge in [0.25, 0.3) is 5.78 Å². The number of Topliss-reactive ketones (excluding diaryl/α,β-unsaturated/α-hetero) is 2. The van der Waals surface area contributed by atoms with Crippen LogP contribution in [-0.4, -0.2) is 36.8 Å². The molecule has 2 aromatic heterocycles. The highest BCUT2D eigenvalue weighted by atomic mass is 16.4. The Labute approximate surface area is 155 Å². The average Bonchev–Trinajstić information content (AvgIpc) is 3.18. The second kappa shape index (κ2) is 5.90. The molecule has 0 saturated carbocycles. The summed E-state index contributed by atoms with van der Waals surface area (Å²) in [5, 5.41) is 10.2. The molecule has 1 aromatic carbocycles. The fourth-order valence-corrected chi connectivity index (χ4v) is 4.18. The molecule has 138 valence electrons. The number of carbonyl (C=O) groups excluding carboxylic acids is 2. The van der Waals surface area contributed by atoms with Gasteiger partial charge in [0, 0.05) is 48.1 Å². The summed E-state index contributed by atoms with van der Waals surface area (Å²) in [5.41, 5.74) is 0.575. The van der Waals surface area contributed by atoms with E-state index in [9.17, 15) is 19.5 Å². The molecule has 1 atom stereocenters. The maximum Gasteiger partial charge on any atom is 0.373 e. The third-order valence-electron chi connectivity index (χ3n) is 5.67. The lowest BCUT2D eigenvalue weighted by Gasteiger charge is -2.34. The number of hydrogen-bond acceptors (Lipinski definition) is 4. The van der Waals surface area contributed by atoms with E-state index in [1.54, 1.807) is 23.9 Å². The highest BCUT2D eigenvalue weighted by Crippen LogP contribution is 2.42. The van der Waals surface area contributed by atoms with Gasteiger partial charge in [0.05, 0.1) is 0 Å². The average molecular weight is 365 g/mol. The predicted molar refractivity (Wildman–Crippen MR) is 97.6 cm³/mol. The molecule has 0 bridgehead atoms. The van der Waals surface area contributed by atoms with E-state index in [0.717, 1.165) is 16.6 Å². The Kier molecular flexibility index (Phi) is 3.76. The molecule has 2 heterocycles. The van der Waals surface area contributed by atoms with Gasteiger partial charge in [0.1, 0.15) is 11.2 Å². The van der Waals surface area contributed by atoms with Crippen LogP contribution in [0, 0.1) is 12.3 Å². The maximum atomic E-state index is 13.6. The van der Waals surface area contributed by atoms with E-state index in [2.05, 4.69) is 4.98 Å². The predicted octanol–water partition coefficient (Wildman–Crippen LogP) is 2.15.